The summed E-state index contributed by atoms with van der Waals surface area (Å²) < 4.78 is 12.1. The Kier molecular flexibility index (Phi) is 5.99. The van der Waals surface area contributed by atoms with Crippen LogP contribution in [-0.4, -0.2) is 38.0 Å². The third-order valence-electron chi connectivity index (χ3n) is 3.14. The van der Waals surface area contributed by atoms with Crippen LogP contribution in [0.25, 0.3) is 0 Å². The van der Waals surface area contributed by atoms with Gasteiger partial charge in [0.25, 0.3) is 5.91 Å². The molecule has 2 rings (SSSR count). The third kappa shape index (κ3) is 5.00. The van der Waals surface area contributed by atoms with Gasteiger partial charge in [0.05, 0.1) is 10.8 Å². The molecular formula is C16H16N2O4S. The minimum Gasteiger partial charge on any atom is -0.480 e. The van der Waals surface area contributed by atoms with Gasteiger partial charge in [-0.25, -0.2) is 4.79 Å². The number of hydrogen-bond acceptors (Lipinski definition) is 4. The summed E-state index contributed by atoms with van der Waals surface area (Å²) in [5.41, 5.74) is 0.329. The average Bonchev–Trinajstić information content (AvgIpc) is 2.59. The molecule has 2 aromatic rings. The SMILES string of the molecule is O=C(N[C@@H](CC[S@](=O)c1ccccc1)C(=O)O)c1ccncc1. The molecule has 0 aliphatic carbocycles. The number of nitrogens with zero attached hydrogens (tertiary/aromatic N) is 1. The van der Waals surface area contributed by atoms with E-state index in [1.54, 1.807) is 24.3 Å². The zero-order chi connectivity index (χ0) is 16.7. The number of aromatic nitrogens is 1. The molecule has 1 aromatic heterocycles. The molecule has 2 atom stereocenters. The Morgan fingerprint density at radius 2 is 1.78 bits per heavy atom. The fraction of sp³-hybridized carbons (Fsp3) is 0.188. The van der Waals surface area contributed by atoms with Crippen LogP contribution in [0.2, 0.25) is 0 Å². The van der Waals surface area contributed by atoms with Gasteiger partial charge in [0, 0.05) is 28.6 Å². The second-order valence-electron chi connectivity index (χ2n) is 4.75. The molecule has 0 fully saturated rings. The van der Waals surface area contributed by atoms with Gasteiger partial charge < -0.3 is 10.4 Å². The van der Waals surface area contributed by atoms with Gasteiger partial charge >= 0.3 is 5.97 Å². The van der Waals surface area contributed by atoms with Crippen molar-refractivity contribution in [2.75, 3.05) is 5.75 Å². The molecule has 1 aromatic carbocycles. The fourth-order valence-electron chi connectivity index (χ4n) is 1.92. The van der Waals surface area contributed by atoms with Gasteiger partial charge in [-0.3, -0.25) is 14.0 Å². The maximum atomic E-state index is 12.1. The Hall–Kier alpha value is -2.54. The molecule has 1 amide bonds. The van der Waals surface area contributed by atoms with Crippen molar-refractivity contribution in [2.45, 2.75) is 17.4 Å². The van der Waals surface area contributed by atoms with E-state index >= 15 is 0 Å². The molecule has 0 aliphatic heterocycles. The summed E-state index contributed by atoms with van der Waals surface area (Å²) in [4.78, 5) is 27.7. The van der Waals surface area contributed by atoms with Crippen LogP contribution in [0.5, 0.6) is 0 Å². The number of carbonyl (C=O) groups excluding carboxylic acids is 1. The molecule has 2 N–H and O–H groups in total. The monoisotopic (exact) mass is 332 g/mol. The van der Waals surface area contributed by atoms with Crippen molar-refractivity contribution < 1.29 is 18.9 Å². The lowest BCUT2D eigenvalue weighted by Gasteiger charge is -2.14. The summed E-state index contributed by atoms with van der Waals surface area (Å²) in [6.45, 7) is 0. The largest absolute Gasteiger partial charge is 0.480 e. The molecule has 7 heteroatoms. The number of carbonyl (C=O) groups is 2. The Labute approximate surface area is 136 Å². The van der Waals surface area contributed by atoms with E-state index < -0.39 is 28.7 Å². The number of pyridine rings is 1. The summed E-state index contributed by atoms with van der Waals surface area (Å²) in [5, 5.41) is 11.7. The van der Waals surface area contributed by atoms with Gasteiger partial charge in [0.15, 0.2) is 0 Å². The summed E-state index contributed by atoms with van der Waals surface area (Å²) in [7, 11) is -1.30. The van der Waals surface area contributed by atoms with Crippen molar-refractivity contribution in [3.8, 4) is 0 Å². The van der Waals surface area contributed by atoms with Gasteiger partial charge in [-0.15, -0.1) is 0 Å². The Balaban J connectivity index is 1.96. The minimum absolute atomic E-state index is 0.0770. The highest BCUT2D eigenvalue weighted by molar-refractivity contribution is 7.85. The predicted molar refractivity (Wildman–Crippen MR) is 85.5 cm³/mol. The molecule has 0 radical (unpaired) electrons. The zero-order valence-corrected chi connectivity index (χ0v) is 13.0. The number of carboxylic acids is 1. The lowest BCUT2D eigenvalue weighted by atomic mass is 10.2. The number of amides is 1. The highest BCUT2D eigenvalue weighted by Crippen LogP contribution is 2.08. The quantitative estimate of drug-likeness (QED) is 0.800. The van der Waals surface area contributed by atoms with Crippen LogP contribution >= 0.6 is 0 Å². The maximum absolute atomic E-state index is 12.1. The number of rotatable bonds is 7. The molecule has 23 heavy (non-hydrogen) atoms. The van der Waals surface area contributed by atoms with Crippen LogP contribution in [0, 0.1) is 0 Å². The molecule has 0 bridgehead atoms. The lowest BCUT2D eigenvalue weighted by molar-refractivity contribution is -0.139. The molecule has 0 aliphatic rings. The number of hydrogen-bond donors (Lipinski definition) is 2. The lowest BCUT2D eigenvalue weighted by Crippen LogP contribution is -2.41. The Morgan fingerprint density at radius 1 is 1.13 bits per heavy atom. The standard InChI is InChI=1S/C16H16N2O4S/c19-15(12-6-9-17-10-7-12)18-14(16(20)21)8-11-23(22)13-4-2-1-3-5-13/h1-7,9-10,14H,8,11H2,(H,18,19)(H,20,21)/t14-,23-/m0/s1. The van der Waals surface area contributed by atoms with E-state index in [1.807, 2.05) is 6.07 Å². The van der Waals surface area contributed by atoms with Gasteiger partial charge in [-0.2, -0.15) is 0 Å². The van der Waals surface area contributed by atoms with Gasteiger partial charge in [-0.1, -0.05) is 18.2 Å². The van der Waals surface area contributed by atoms with Crippen molar-refractivity contribution in [1.82, 2.24) is 10.3 Å². The van der Waals surface area contributed by atoms with E-state index in [2.05, 4.69) is 10.3 Å². The molecule has 0 saturated carbocycles. The van der Waals surface area contributed by atoms with E-state index in [0.29, 0.717) is 10.5 Å². The van der Waals surface area contributed by atoms with E-state index in [0.717, 1.165) is 0 Å². The first-order valence-electron chi connectivity index (χ1n) is 6.95. The normalized spacial score (nSPS) is 13.0. The summed E-state index contributed by atoms with van der Waals surface area (Å²) in [5.74, 6) is -1.50. The molecule has 0 saturated heterocycles. The highest BCUT2D eigenvalue weighted by atomic mass is 32.2. The fourth-order valence-corrected chi connectivity index (χ4v) is 3.06. The number of benzene rings is 1. The maximum Gasteiger partial charge on any atom is 0.326 e. The van der Waals surface area contributed by atoms with Crippen molar-refractivity contribution in [3.63, 3.8) is 0 Å². The van der Waals surface area contributed by atoms with Gasteiger partial charge in [0.2, 0.25) is 0 Å². The Bertz CT molecular complexity index is 692. The van der Waals surface area contributed by atoms with Gasteiger partial charge in [-0.05, 0) is 30.7 Å². The van der Waals surface area contributed by atoms with E-state index in [4.69, 9.17) is 0 Å². The second-order valence-corrected chi connectivity index (χ2v) is 6.32. The summed E-state index contributed by atoms with van der Waals surface area (Å²) in [6, 6.07) is 10.7. The number of aliphatic carboxylic acids is 1. The molecule has 0 spiro atoms. The molecule has 0 unspecified atom stereocenters. The van der Waals surface area contributed by atoms with Crippen LogP contribution < -0.4 is 5.32 Å². The van der Waals surface area contributed by atoms with Crippen molar-refractivity contribution in [1.29, 1.82) is 0 Å². The van der Waals surface area contributed by atoms with Crippen LogP contribution in [0.15, 0.2) is 59.8 Å². The van der Waals surface area contributed by atoms with Crippen LogP contribution in [-0.2, 0) is 15.6 Å². The number of carboxylic acid groups (broad SMARTS) is 1. The average molecular weight is 332 g/mol. The van der Waals surface area contributed by atoms with Crippen molar-refractivity contribution in [2.24, 2.45) is 0 Å². The highest BCUT2D eigenvalue weighted by Gasteiger charge is 2.21. The van der Waals surface area contributed by atoms with Gasteiger partial charge in [0.1, 0.15) is 6.04 Å². The summed E-state index contributed by atoms with van der Waals surface area (Å²) in [6.07, 6.45) is 2.98. The van der Waals surface area contributed by atoms with Crippen molar-refractivity contribution >= 4 is 22.7 Å². The molecule has 6 nitrogen and oxygen atoms in total. The van der Waals surface area contributed by atoms with E-state index in [-0.39, 0.29) is 12.2 Å². The molecule has 120 valence electrons. The van der Waals surface area contributed by atoms with E-state index in [9.17, 15) is 18.9 Å². The first-order valence-corrected chi connectivity index (χ1v) is 8.27. The third-order valence-corrected chi connectivity index (χ3v) is 4.55. The molecular weight excluding hydrogens is 316 g/mol. The number of nitrogens with one attached hydrogen (secondary N) is 1. The zero-order valence-electron chi connectivity index (χ0n) is 12.2. The summed E-state index contributed by atoms with van der Waals surface area (Å²) >= 11 is 0. The predicted octanol–water partition coefficient (Wildman–Crippen LogP) is 1.46. The van der Waals surface area contributed by atoms with Crippen molar-refractivity contribution in [3.05, 3.63) is 60.4 Å². The smallest absolute Gasteiger partial charge is 0.326 e. The van der Waals surface area contributed by atoms with E-state index in [1.165, 1.54) is 24.5 Å². The van der Waals surface area contributed by atoms with Crippen LogP contribution in [0.1, 0.15) is 16.8 Å². The topological polar surface area (TPSA) is 96.4 Å². The Morgan fingerprint density at radius 3 is 2.39 bits per heavy atom. The first-order chi connectivity index (χ1) is 11.1. The minimum atomic E-state index is -1.30. The van der Waals surface area contributed by atoms with Crippen LogP contribution in [0.4, 0.5) is 0 Å². The first kappa shape index (κ1) is 16.8. The second kappa shape index (κ2) is 8.19. The molecule has 1 heterocycles. The van der Waals surface area contributed by atoms with Crippen LogP contribution in [0.3, 0.4) is 0 Å².